The number of benzene rings is 1. The molecule has 1 aromatic rings. The van der Waals surface area contributed by atoms with Crippen molar-refractivity contribution in [2.45, 2.75) is 33.1 Å². The Morgan fingerprint density at radius 1 is 1.00 bits per heavy atom. The van der Waals surface area contributed by atoms with E-state index in [4.69, 9.17) is 9.47 Å². The van der Waals surface area contributed by atoms with Crippen molar-refractivity contribution < 1.29 is 19.1 Å². The second kappa shape index (κ2) is 10.4. The first kappa shape index (κ1) is 19.7. The van der Waals surface area contributed by atoms with Crippen LogP contribution in [-0.4, -0.2) is 25.2 Å². The van der Waals surface area contributed by atoms with Gasteiger partial charge in [0.1, 0.15) is 0 Å². The molecule has 0 atom stereocenters. The van der Waals surface area contributed by atoms with Gasteiger partial charge in [-0.3, -0.25) is 9.59 Å². The van der Waals surface area contributed by atoms with Crippen LogP contribution in [0.5, 0.6) is 0 Å². The van der Waals surface area contributed by atoms with Crippen LogP contribution in [0.25, 0.3) is 0 Å². The minimum absolute atomic E-state index is 0.181. The normalized spacial score (nSPS) is 11.2. The summed E-state index contributed by atoms with van der Waals surface area (Å²) in [7, 11) is 0. The van der Waals surface area contributed by atoms with Crippen molar-refractivity contribution in [3.05, 3.63) is 60.7 Å². The fraction of sp³-hybridized carbons (Fsp3) is 0.400. The van der Waals surface area contributed by atoms with Crippen LogP contribution < -0.4 is 0 Å². The number of allylic oxidation sites excluding steroid dienone is 3. The molecule has 0 aromatic heterocycles. The van der Waals surface area contributed by atoms with Gasteiger partial charge < -0.3 is 9.47 Å². The molecule has 0 saturated heterocycles. The molecule has 0 saturated carbocycles. The van der Waals surface area contributed by atoms with Crippen molar-refractivity contribution in [2.75, 3.05) is 13.2 Å². The predicted octanol–water partition coefficient (Wildman–Crippen LogP) is 3.86. The van der Waals surface area contributed by atoms with Crippen LogP contribution in [0.3, 0.4) is 0 Å². The highest BCUT2D eigenvalue weighted by atomic mass is 16.6. The summed E-state index contributed by atoms with van der Waals surface area (Å²) >= 11 is 0. The Bertz CT molecular complexity index is 542. The Labute approximate surface area is 144 Å². The van der Waals surface area contributed by atoms with Crippen molar-refractivity contribution in [1.29, 1.82) is 0 Å². The Balaban J connectivity index is 2.91. The summed E-state index contributed by atoms with van der Waals surface area (Å²) in [6, 6.07) is 9.96. The van der Waals surface area contributed by atoms with Gasteiger partial charge in [-0.15, -0.1) is 6.58 Å². The molecule has 0 aliphatic carbocycles. The summed E-state index contributed by atoms with van der Waals surface area (Å²) in [5.74, 6) is -1.12. The van der Waals surface area contributed by atoms with E-state index >= 15 is 0 Å². The van der Waals surface area contributed by atoms with E-state index in [0.717, 1.165) is 12.0 Å². The van der Waals surface area contributed by atoms with Gasteiger partial charge >= 0.3 is 11.9 Å². The lowest BCUT2D eigenvalue weighted by Crippen LogP contribution is -2.41. The highest BCUT2D eigenvalue weighted by Crippen LogP contribution is 2.32. The molecule has 130 valence electrons. The van der Waals surface area contributed by atoms with Gasteiger partial charge in [0.25, 0.3) is 0 Å². The summed E-state index contributed by atoms with van der Waals surface area (Å²) in [6.45, 7) is 7.52. The zero-order valence-corrected chi connectivity index (χ0v) is 14.5. The lowest BCUT2D eigenvalue weighted by molar-refractivity contribution is -0.171. The minimum Gasteiger partial charge on any atom is -0.465 e. The average Bonchev–Trinajstić information content (AvgIpc) is 2.59. The van der Waals surface area contributed by atoms with Gasteiger partial charge in [-0.1, -0.05) is 48.6 Å². The maximum atomic E-state index is 12.4. The molecule has 4 heteroatoms. The van der Waals surface area contributed by atoms with Crippen molar-refractivity contribution in [2.24, 2.45) is 5.41 Å². The Kier molecular flexibility index (Phi) is 8.55. The molecule has 0 bridgehead atoms. The standard InChI is InChI=1S/C20H26O4/c1-4-15-20(18(21)23-5-2,19(22)24-6-3)16-11-10-14-17-12-8-7-9-13-17/h4,7-13H,1,5-6,14-16H2,2-3H3/b11-10+. The second-order valence-electron chi connectivity index (χ2n) is 5.38. The summed E-state index contributed by atoms with van der Waals surface area (Å²) in [5.41, 5.74) is -0.198. The van der Waals surface area contributed by atoms with Gasteiger partial charge in [0.2, 0.25) is 0 Å². The van der Waals surface area contributed by atoms with E-state index in [1.165, 1.54) is 0 Å². The molecule has 0 radical (unpaired) electrons. The molecule has 0 fully saturated rings. The van der Waals surface area contributed by atoms with E-state index in [2.05, 4.69) is 6.58 Å². The second-order valence-corrected chi connectivity index (χ2v) is 5.38. The largest absolute Gasteiger partial charge is 0.465 e. The fourth-order valence-corrected chi connectivity index (χ4v) is 2.40. The lowest BCUT2D eigenvalue weighted by Gasteiger charge is -2.26. The van der Waals surface area contributed by atoms with Crippen LogP contribution in [0.4, 0.5) is 0 Å². The Hall–Kier alpha value is -2.36. The van der Waals surface area contributed by atoms with Crippen LogP contribution >= 0.6 is 0 Å². The first-order valence-electron chi connectivity index (χ1n) is 8.25. The number of ether oxygens (including phenoxy) is 2. The van der Waals surface area contributed by atoms with Gasteiger partial charge in [0.05, 0.1) is 13.2 Å². The smallest absolute Gasteiger partial charge is 0.324 e. The fourth-order valence-electron chi connectivity index (χ4n) is 2.40. The zero-order chi connectivity index (χ0) is 17.8. The molecule has 1 aromatic carbocycles. The number of hydrogen-bond acceptors (Lipinski definition) is 4. The number of hydrogen-bond donors (Lipinski definition) is 0. The minimum atomic E-state index is -1.36. The lowest BCUT2D eigenvalue weighted by atomic mass is 9.80. The van der Waals surface area contributed by atoms with Crippen LogP contribution in [0.1, 0.15) is 32.3 Å². The third-order valence-corrected chi connectivity index (χ3v) is 3.65. The number of carbonyl (C=O) groups excluding carboxylic acids is 2. The summed E-state index contributed by atoms with van der Waals surface area (Å²) in [5, 5.41) is 0. The van der Waals surface area contributed by atoms with E-state index in [9.17, 15) is 9.59 Å². The average molecular weight is 330 g/mol. The predicted molar refractivity (Wildman–Crippen MR) is 94.4 cm³/mol. The molecular weight excluding hydrogens is 304 g/mol. The molecule has 0 heterocycles. The highest BCUT2D eigenvalue weighted by Gasteiger charge is 2.46. The van der Waals surface area contributed by atoms with Gasteiger partial charge in [-0.25, -0.2) is 0 Å². The monoisotopic (exact) mass is 330 g/mol. The first-order chi connectivity index (χ1) is 11.6. The van der Waals surface area contributed by atoms with Crippen molar-refractivity contribution in [1.82, 2.24) is 0 Å². The van der Waals surface area contributed by atoms with Gasteiger partial charge in [0.15, 0.2) is 5.41 Å². The number of rotatable bonds is 10. The van der Waals surface area contributed by atoms with Gasteiger partial charge in [-0.2, -0.15) is 0 Å². The quantitative estimate of drug-likeness (QED) is 0.371. The van der Waals surface area contributed by atoms with Crippen molar-refractivity contribution >= 4 is 11.9 Å². The van der Waals surface area contributed by atoms with E-state index in [1.54, 1.807) is 19.9 Å². The third kappa shape index (κ3) is 5.37. The molecular formula is C20H26O4. The molecule has 4 nitrogen and oxygen atoms in total. The Morgan fingerprint density at radius 3 is 2.08 bits per heavy atom. The maximum absolute atomic E-state index is 12.4. The summed E-state index contributed by atoms with van der Waals surface area (Å²) in [4.78, 5) is 24.9. The van der Waals surface area contributed by atoms with Gasteiger partial charge in [0, 0.05) is 0 Å². The van der Waals surface area contributed by atoms with E-state index in [-0.39, 0.29) is 26.1 Å². The van der Waals surface area contributed by atoms with Crippen molar-refractivity contribution in [3.63, 3.8) is 0 Å². The highest BCUT2D eigenvalue weighted by molar-refractivity contribution is 6.00. The third-order valence-electron chi connectivity index (χ3n) is 3.65. The first-order valence-corrected chi connectivity index (χ1v) is 8.25. The molecule has 0 aliphatic heterocycles. The van der Waals surface area contributed by atoms with Crippen LogP contribution in [0.15, 0.2) is 55.1 Å². The molecule has 0 amide bonds. The number of carbonyl (C=O) groups is 2. The van der Waals surface area contributed by atoms with Crippen LogP contribution in [-0.2, 0) is 25.5 Å². The SMILES string of the molecule is C=CCC(C/C=C/Cc1ccccc1)(C(=O)OCC)C(=O)OCC. The van der Waals surface area contributed by atoms with E-state index in [0.29, 0.717) is 0 Å². The maximum Gasteiger partial charge on any atom is 0.324 e. The van der Waals surface area contributed by atoms with Crippen molar-refractivity contribution in [3.8, 4) is 0 Å². The van der Waals surface area contributed by atoms with E-state index < -0.39 is 17.4 Å². The zero-order valence-electron chi connectivity index (χ0n) is 14.5. The summed E-state index contributed by atoms with van der Waals surface area (Å²) < 4.78 is 10.2. The molecule has 0 N–H and O–H groups in total. The molecule has 0 unspecified atom stereocenters. The van der Waals surface area contributed by atoms with Gasteiger partial charge in [-0.05, 0) is 38.7 Å². The molecule has 24 heavy (non-hydrogen) atoms. The van der Waals surface area contributed by atoms with Crippen LogP contribution in [0.2, 0.25) is 0 Å². The number of esters is 2. The molecule has 0 aliphatic rings. The topological polar surface area (TPSA) is 52.6 Å². The van der Waals surface area contributed by atoms with Crippen LogP contribution in [0, 0.1) is 5.41 Å². The molecule has 0 spiro atoms. The Morgan fingerprint density at radius 2 is 1.58 bits per heavy atom. The summed E-state index contributed by atoms with van der Waals surface area (Å²) in [6.07, 6.45) is 6.48. The molecule has 1 rings (SSSR count). The van der Waals surface area contributed by atoms with E-state index in [1.807, 2.05) is 42.5 Å².